The fourth-order valence-corrected chi connectivity index (χ4v) is 3.63. The standard InChI is InChI=1S/C26H35N3O5/c1-8-32-20-13-16-9-11-18(20)22(16)27-14-17-10-12-19(24(31)34-26(5,6)7)23(29-17)28-15-21(30)33-25(2,3)4/h9-13,22,27H,8,14-15H2,1-7H3,(H,28,29). The minimum absolute atomic E-state index is 0.0482. The molecule has 0 aliphatic heterocycles. The van der Waals surface area contributed by atoms with Gasteiger partial charge in [0.1, 0.15) is 34.9 Å². The molecule has 0 fully saturated rings. The van der Waals surface area contributed by atoms with Crippen molar-refractivity contribution < 1.29 is 23.8 Å². The molecular weight excluding hydrogens is 434 g/mol. The van der Waals surface area contributed by atoms with E-state index in [-0.39, 0.29) is 24.0 Å². The van der Waals surface area contributed by atoms with Gasteiger partial charge in [-0.15, -0.1) is 0 Å². The summed E-state index contributed by atoms with van der Waals surface area (Å²) in [7, 11) is 0. The lowest BCUT2D eigenvalue weighted by Gasteiger charge is -2.22. The summed E-state index contributed by atoms with van der Waals surface area (Å²) in [5.74, 6) is 0.218. The molecule has 2 aliphatic rings. The number of hydrogen-bond acceptors (Lipinski definition) is 8. The molecule has 0 amide bonds. The van der Waals surface area contributed by atoms with Crippen LogP contribution in [-0.4, -0.2) is 47.3 Å². The maximum absolute atomic E-state index is 12.8. The number of allylic oxidation sites excluding steroid dienone is 1. The first-order chi connectivity index (χ1) is 15.9. The molecule has 0 radical (unpaired) electrons. The van der Waals surface area contributed by atoms with Crippen molar-refractivity contribution in [2.24, 2.45) is 0 Å². The summed E-state index contributed by atoms with van der Waals surface area (Å²) in [4.78, 5) is 29.6. The molecule has 0 saturated carbocycles. The molecule has 2 aliphatic carbocycles. The van der Waals surface area contributed by atoms with E-state index in [9.17, 15) is 9.59 Å². The molecular formula is C26H35N3O5. The maximum atomic E-state index is 12.8. The van der Waals surface area contributed by atoms with Gasteiger partial charge in [0.25, 0.3) is 0 Å². The lowest BCUT2D eigenvalue weighted by atomic mass is 10.1. The predicted molar refractivity (Wildman–Crippen MR) is 130 cm³/mol. The molecule has 0 saturated heterocycles. The molecule has 1 atom stereocenters. The summed E-state index contributed by atoms with van der Waals surface area (Å²) in [6.45, 7) is 13.7. The summed E-state index contributed by atoms with van der Waals surface area (Å²) in [6.07, 6.45) is 6.18. The quantitative estimate of drug-likeness (QED) is 0.523. The van der Waals surface area contributed by atoms with Gasteiger partial charge in [-0.3, -0.25) is 4.79 Å². The highest BCUT2D eigenvalue weighted by molar-refractivity contribution is 5.95. The van der Waals surface area contributed by atoms with Crippen molar-refractivity contribution in [2.45, 2.75) is 72.3 Å². The smallest absolute Gasteiger partial charge is 0.342 e. The van der Waals surface area contributed by atoms with Crippen LogP contribution in [0, 0.1) is 0 Å². The third kappa shape index (κ3) is 6.70. The largest absolute Gasteiger partial charge is 0.494 e. The van der Waals surface area contributed by atoms with Gasteiger partial charge in [-0.1, -0.05) is 12.2 Å². The zero-order chi connectivity index (χ0) is 25.1. The molecule has 1 unspecified atom stereocenters. The van der Waals surface area contributed by atoms with E-state index in [1.807, 2.05) is 13.0 Å². The summed E-state index contributed by atoms with van der Waals surface area (Å²) >= 11 is 0. The molecule has 3 rings (SSSR count). The van der Waals surface area contributed by atoms with Crippen molar-refractivity contribution in [2.75, 3.05) is 18.5 Å². The molecule has 8 nitrogen and oxygen atoms in total. The maximum Gasteiger partial charge on any atom is 0.342 e. The number of rotatable bonds is 9. The number of nitrogens with one attached hydrogen (secondary N) is 2. The summed E-state index contributed by atoms with van der Waals surface area (Å²) < 4.78 is 16.6. The lowest BCUT2D eigenvalue weighted by Crippen LogP contribution is -2.30. The van der Waals surface area contributed by atoms with Gasteiger partial charge in [0.15, 0.2) is 0 Å². The van der Waals surface area contributed by atoms with Gasteiger partial charge in [0.2, 0.25) is 0 Å². The van der Waals surface area contributed by atoms with Crippen molar-refractivity contribution in [1.82, 2.24) is 10.3 Å². The van der Waals surface area contributed by atoms with Crippen LogP contribution in [0.5, 0.6) is 0 Å². The Morgan fingerprint density at radius 3 is 2.38 bits per heavy atom. The normalized spacial score (nSPS) is 17.0. The lowest BCUT2D eigenvalue weighted by molar-refractivity contribution is -0.152. The minimum Gasteiger partial charge on any atom is -0.494 e. The van der Waals surface area contributed by atoms with Gasteiger partial charge in [-0.25, -0.2) is 9.78 Å². The van der Waals surface area contributed by atoms with Crippen molar-refractivity contribution in [3.63, 3.8) is 0 Å². The molecule has 184 valence electrons. The van der Waals surface area contributed by atoms with Crippen molar-refractivity contribution in [3.05, 3.63) is 58.5 Å². The second kappa shape index (κ2) is 10.0. The van der Waals surface area contributed by atoms with Crippen LogP contribution in [0.2, 0.25) is 0 Å². The third-order valence-corrected chi connectivity index (χ3v) is 4.86. The first-order valence-electron chi connectivity index (χ1n) is 11.6. The third-order valence-electron chi connectivity index (χ3n) is 4.86. The predicted octanol–water partition coefficient (Wildman–Crippen LogP) is 4.05. The van der Waals surface area contributed by atoms with Crippen molar-refractivity contribution in [1.29, 1.82) is 0 Å². The van der Waals surface area contributed by atoms with E-state index in [2.05, 4.69) is 27.8 Å². The van der Waals surface area contributed by atoms with Crippen molar-refractivity contribution in [3.8, 4) is 0 Å². The molecule has 0 spiro atoms. The number of anilines is 1. The molecule has 0 aromatic carbocycles. The van der Waals surface area contributed by atoms with Crippen LogP contribution >= 0.6 is 0 Å². The number of aromatic nitrogens is 1. The van der Waals surface area contributed by atoms with E-state index < -0.39 is 23.1 Å². The first-order valence-corrected chi connectivity index (χ1v) is 11.6. The van der Waals surface area contributed by atoms with Crippen LogP contribution in [0.1, 0.15) is 64.5 Å². The Hall–Kier alpha value is -3.13. The van der Waals surface area contributed by atoms with Crippen LogP contribution in [0.4, 0.5) is 5.82 Å². The van der Waals surface area contributed by atoms with Crippen molar-refractivity contribution >= 4 is 17.8 Å². The zero-order valence-corrected chi connectivity index (χ0v) is 21.1. The monoisotopic (exact) mass is 469 g/mol. The fraction of sp³-hybridized carbons (Fsp3) is 0.500. The number of carbonyl (C=O) groups is 2. The summed E-state index contributed by atoms with van der Waals surface area (Å²) in [6, 6.07) is 3.50. The average Bonchev–Trinajstić information content (AvgIpc) is 3.25. The van der Waals surface area contributed by atoms with Crippen LogP contribution in [0.15, 0.2) is 47.3 Å². The van der Waals surface area contributed by atoms with E-state index >= 15 is 0 Å². The molecule has 1 aromatic heterocycles. The number of esters is 2. The Bertz CT molecular complexity index is 1040. The fourth-order valence-electron chi connectivity index (χ4n) is 3.63. The highest BCUT2D eigenvalue weighted by Crippen LogP contribution is 2.34. The number of nitrogens with zero attached hydrogens (tertiary/aromatic N) is 1. The number of carbonyl (C=O) groups excluding carboxylic acids is 2. The number of ether oxygens (including phenoxy) is 3. The number of hydrogen-bond donors (Lipinski definition) is 2. The topological polar surface area (TPSA) is 98.8 Å². The van der Waals surface area contributed by atoms with Gasteiger partial charge in [0.05, 0.1) is 18.3 Å². The number of fused-ring (bicyclic) bond motifs is 2. The van der Waals surface area contributed by atoms with Crippen LogP contribution in [0.25, 0.3) is 0 Å². The van der Waals surface area contributed by atoms with Gasteiger partial charge in [-0.2, -0.15) is 0 Å². The summed E-state index contributed by atoms with van der Waals surface area (Å²) in [5, 5.41) is 6.45. The van der Waals surface area contributed by atoms with E-state index in [1.165, 1.54) is 0 Å². The van der Waals surface area contributed by atoms with Gasteiger partial charge in [-0.05, 0) is 72.2 Å². The van der Waals surface area contributed by atoms with Crippen LogP contribution < -0.4 is 10.6 Å². The Kier molecular flexibility index (Phi) is 7.51. The molecule has 2 bridgehead atoms. The van der Waals surface area contributed by atoms with E-state index in [0.29, 0.717) is 18.8 Å². The second-order valence-corrected chi connectivity index (χ2v) is 10.2. The molecule has 1 aromatic rings. The molecule has 2 N–H and O–H groups in total. The van der Waals surface area contributed by atoms with E-state index in [4.69, 9.17) is 14.2 Å². The zero-order valence-electron chi connectivity index (χ0n) is 21.1. The highest BCUT2D eigenvalue weighted by atomic mass is 16.6. The SMILES string of the molecule is CCOC1=C2C=CC(=C1)C2NCc1ccc(C(=O)OC(C)(C)C)c(NCC(=O)OC(C)(C)C)n1. The minimum atomic E-state index is -0.659. The van der Waals surface area contributed by atoms with Crippen LogP contribution in [-0.2, 0) is 25.5 Å². The Balaban J connectivity index is 1.74. The average molecular weight is 470 g/mol. The Morgan fingerprint density at radius 1 is 1.03 bits per heavy atom. The second-order valence-electron chi connectivity index (χ2n) is 10.2. The van der Waals surface area contributed by atoms with E-state index in [0.717, 1.165) is 16.9 Å². The summed E-state index contributed by atoms with van der Waals surface area (Å²) in [5.41, 5.74) is 1.95. The number of pyridine rings is 1. The van der Waals surface area contributed by atoms with Gasteiger partial charge >= 0.3 is 11.9 Å². The molecule has 34 heavy (non-hydrogen) atoms. The molecule has 1 heterocycles. The van der Waals surface area contributed by atoms with Gasteiger partial charge < -0.3 is 24.8 Å². The van der Waals surface area contributed by atoms with Crippen LogP contribution in [0.3, 0.4) is 0 Å². The van der Waals surface area contributed by atoms with Gasteiger partial charge in [0, 0.05) is 12.1 Å². The Morgan fingerprint density at radius 2 is 1.74 bits per heavy atom. The first kappa shape index (κ1) is 25.5. The highest BCUT2D eigenvalue weighted by Gasteiger charge is 2.30. The van der Waals surface area contributed by atoms with E-state index in [1.54, 1.807) is 53.7 Å². The molecule has 8 heteroatoms. The Labute approximate surface area is 201 Å².